The number of hydrogen-bond acceptors (Lipinski definition) is 8. The van der Waals surface area contributed by atoms with Gasteiger partial charge >= 0.3 is 6.09 Å². The number of aliphatic hydroxyl groups excluding tert-OH is 1. The number of aliphatic hydroxyl groups is 1. The van der Waals surface area contributed by atoms with Crippen LogP contribution in [0, 0.1) is 0 Å². The van der Waals surface area contributed by atoms with E-state index in [0.29, 0.717) is 16.5 Å². The number of cyclic esters (lactones) is 1. The number of anilines is 2. The summed E-state index contributed by atoms with van der Waals surface area (Å²) in [6.45, 7) is 2.51. The molecule has 3 aromatic rings. The molecule has 3 heterocycles. The molecule has 11 heteroatoms. The van der Waals surface area contributed by atoms with Crippen LogP contribution >= 0.6 is 11.6 Å². The second-order valence-corrected chi connectivity index (χ2v) is 7.85. The third-order valence-corrected chi connectivity index (χ3v) is 5.31. The van der Waals surface area contributed by atoms with Crippen molar-refractivity contribution in [1.82, 2.24) is 15.1 Å². The van der Waals surface area contributed by atoms with E-state index in [1.165, 1.54) is 11.0 Å². The number of hydrogen-bond donors (Lipinski definition) is 2. The van der Waals surface area contributed by atoms with Crippen LogP contribution in [0.4, 0.5) is 21.0 Å². The minimum absolute atomic E-state index is 0.0110. The third kappa shape index (κ3) is 4.51. The Morgan fingerprint density at radius 3 is 2.72 bits per heavy atom. The van der Waals surface area contributed by atoms with Gasteiger partial charge in [-0.2, -0.15) is 4.98 Å². The highest BCUT2D eigenvalue weighted by molar-refractivity contribution is 6.30. The Morgan fingerprint density at radius 2 is 2.03 bits per heavy atom. The molecule has 168 valence electrons. The SMILES string of the molecule is C[C@H](Nc1nc(CF)cc(N2C(=O)OCC2[C@@H](C)O)n1)c1cc(-c2ccc(Cl)cc2)on1. The first-order valence-corrected chi connectivity index (χ1v) is 10.3. The van der Waals surface area contributed by atoms with Crippen LogP contribution in [0.3, 0.4) is 0 Å². The van der Waals surface area contributed by atoms with E-state index in [4.69, 9.17) is 20.9 Å². The van der Waals surface area contributed by atoms with Gasteiger partial charge in [-0.15, -0.1) is 0 Å². The first kappa shape index (κ1) is 22.0. The lowest BCUT2D eigenvalue weighted by molar-refractivity contribution is 0.142. The average Bonchev–Trinajstić information content (AvgIpc) is 3.41. The van der Waals surface area contributed by atoms with Gasteiger partial charge in [0, 0.05) is 22.7 Å². The van der Waals surface area contributed by atoms with Crippen molar-refractivity contribution in [1.29, 1.82) is 0 Å². The molecule has 0 radical (unpaired) electrons. The van der Waals surface area contributed by atoms with Crippen LogP contribution in [0.5, 0.6) is 0 Å². The molecular weight excluding hydrogens is 441 g/mol. The van der Waals surface area contributed by atoms with E-state index in [9.17, 15) is 14.3 Å². The van der Waals surface area contributed by atoms with Gasteiger partial charge in [0.15, 0.2) is 5.76 Å². The molecule has 0 saturated carbocycles. The van der Waals surface area contributed by atoms with Gasteiger partial charge in [-0.1, -0.05) is 16.8 Å². The fourth-order valence-electron chi connectivity index (χ4n) is 3.30. The molecule has 2 N–H and O–H groups in total. The molecule has 1 aromatic carbocycles. The van der Waals surface area contributed by atoms with Gasteiger partial charge in [-0.25, -0.2) is 14.2 Å². The molecule has 4 rings (SSSR count). The summed E-state index contributed by atoms with van der Waals surface area (Å²) < 4.78 is 23.9. The second-order valence-electron chi connectivity index (χ2n) is 7.42. The third-order valence-electron chi connectivity index (χ3n) is 5.06. The van der Waals surface area contributed by atoms with Crippen molar-refractivity contribution in [3.05, 3.63) is 52.8 Å². The van der Waals surface area contributed by atoms with Crippen LogP contribution in [-0.2, 0) is 11.4 Å². The molecule has 1 aliphatic rings. The van der Waals surface area contributed by atoms with Crippen LogP contribution in [-0.4, -0.2) is 45.1 Å². The quantitative estimate of drug-likeness (QED) is 0.539. The van der Waals surface area contributed by atoms with E-state index < -0.39 is 24.9 Å². The summed E-state index contributed by atoms with van der Waals surface area (Å²) in [7, 11) is 0. The lowest BCUT2D eigenvalue weighted by Gasteiger charge is -2.23. The van der Waals surface area contributed by atoms with Crippen molar-refractivity contribution < 1.29 is 23.6 Å². The van der Waals surface area contributed by atoms with Crippen molar-refractivity contribution in [3.8, 4) is 11.3 Å². The van der Waals surface area contributed by atoms with E-state index >= 15 is 0 Å². The largest absolute Gasteiger partial charge is 0.447 e. The summed E-state index contributed by atoms with van der Waals surface area (Å²) in [5.74, 6) is 0.796. The highest BCUT2D eigenvalue weighted by Crippen LogP contribution is 2.28. The summed E-state index contributed by atoms with van der Waals surface area (Å²) >= 11 is 5.92. The van der Waals surface area contributed by atoms with Gasteiger partial charge in [0.1, 0.15) is 30.8 Å². The standard InChI is InChI=1S/C21H21ClFN5O4/c1-11(16-8-18(32-27-16)13-3-5-14(22)6-4-13)24-20-25-15(9-23)7-19(26-20)28-17(12(2)29)10-31-21(28)30/h3-8,11-12,17,29H,9-10H2,1-2H3,(H,24,25,26)/t11-,12+,17?/m0/s1. The molecule has 0 bridgehead atoms. The summed E-state index contributed by atoms with van der Waals surface area (Å²) in [5.41, 5.74) is 1.47. The Morgan fingerprint density at radius 1 is 1.28 bits per heavy atom. The molecule has 1 amide bonds. The Bertz CT molecular complexity index is 1110. The van der Waals surface area contributed by atoms with E-state index in [2.05, 4.69) is 20.4 Å². The highest BCUT2D eigenvalue weighted by Gasteiger charge is 2.38. The van der Waals surface area contributed by atoms with Crippen LogP contribution in [0.25, 0.3) is 11.3 Å². The Labute approximate surface area is 188 Å². The Kier molecular flexibility index (Phi) is 6.24. The lowest BCUT2D eigenvalue weighted by atomic mass is 10.1. The molecular formula is C21H21ClFN5O4. The van der Waals surface area contributed by atoms with E-state index in [1.807, 2.05) is 19.1 Å². The van der Waals surface area contributed by atoms with Crippen molar-refractivity contribution in [2.75, 3.05) is 16.8 Å². The van der Waals surface area contributed by atoms with Gasteiger partial charge in [0.25, 0.3) is 0 Å². The minimum atomic E-state index is -0.859. The zero-order valence-corrected chi connectivity index (χ0v) is 18.1. The highest BCUT2D eigenvalue weighted by atomic mass is 35.5. The van der Waals surface area contributed by atoms with Crippen molar-refractivity contribution in [2.24, 2.45) is 0 Å². The lowest BCUT2D eigenvalue weighted by Crippen LogP contribution is -2.41. The number of alkyl halides is 1. The number of amides is 1. The van der Waals surface area contributed by atoms with Crippen LogP contribution in [0.1, 0.15) is 31.3 Å². The Balaban J connectivity index is 1.57. The normalized spacial score (nSPS) is 17.8. The molecule has 3 atom stereocenters. The fourth-order valence-corrected chi connectivity index (χ4v) is 3.43. The number of carbonyl (C=O) groups excluding carboxylic acids is 1. The molecule has 9 nitrogen and oxygen atoms in total. The summed E-state index contributed by atoms with van der Waals surface area (Å²) in [6.07, 6.45) is -1.52. The predicted molar refractivity (Wildman–Crippen MR) is 115 cm³/mol. The topological polar surface area (TPSA) is 114 Å². The van der Waals surface area contributed by atoms with Gasteiger partial charge in [-0.3, -0.25) is 4.90 Å². The molecule has 0 spiro atoms. The first-order valence-electron chi connectivity index (χ1n) is 9.92. The number of carbonyl (C=O) groups is 1. The zero-order valence-electron chi connectivity index (χ0n) is 17.3. The van der Waals surface area contributed by atoms with Crippen molar-refractivity contribution in [3.63, 3.8) is 0 Å². The Hall–Kier alpha value is -3.24. The zero-order chi connectivity index (χ0) is 22.8. The average molecular weight is 462 g/mol. The maximum absolute atomic E-state index is 13.5. The molecule has 1 unspecified atom stereocenters. The second kappa shape index (κ2) is 9.09. The summed E-state index contributed by atoms with van der Waals surface area (Å²) in [6, 6.07) is 9.24. The number of benzene rings is 1. The molecule has 1 aliphatic heterocycles. The molecule has 1 saturated heterocycles. The van der Waals surface area contributed by atoms with E-state index in [1.54, 1.807) is 25.1 Å². The minimum Gasteiger partial charge on any atom is -0.447 e. The summed E-state index contributed by atoms with van der Waals surface area (Å²) in [4.78, 5) is 21.9. The van der Waals surface area contributed by atoms with Crippen molar-refractivity contribution >= 4 is 29.5 Å². The smallest absolute Gasteiger partial charge is 0.416 e. The van der Waals surface area contributed by atoms with Gasteiger partial charge < -0.3 is 19.7 Å². The molecule has 2 aromatic heterocycles. The summed E-state index contributed by atoms with van der Waals surface area (Å²) in [5, 5.41) is 17.7. The number of nitrogens with zero attached hydrogens (tertiary/aromatic N) is 4. The molecule has 0 aliphatic carbocycles. The van der Waals surface area contributed by atoms with Gasteiger partial charge in [-0.05, 0) is 38.1 Å². The van der Waals surface area contributed by atoms with Crippen molar-refractivity contribution in [2.45, 2.75) is 38.7 Å². The number of aromatic nitrogens is 3. The number of ether oxygens (including phenoxy) is 1. The number of halogens is 2. The van der Waals surface area contributed by atoms with Gasteiger partial charge in [0.05, 0.1) is 17.8 Å². The van der Waals surface area contributed by atoms with E-state index in [-0.39, 0.29) is 30.1 Å². The maximum atomic E-state index is 13.5. The van der Waals surface area contributed by atoms with E-state index in [0.717, 1.165) is 5.56 Å². The first-order chi connectivity index (χ1) is 15.4. The molecule has 1 fully saturated rings. The van der Waals surface area contributed by atoms with Crippen LogP contribution in [0.2, 0.25) is 5.02 Å². The monoisotopic (exact) mass is 461 g/mol. The number of rotatable bonds is 7. The predicted octanol–water partition coefficient (Wildman–Crippen LogP) is 4.13. The molecule has 32 heavy (non-hydrogen) atoms. The maximum Gasteiger partial charge on any atom is 0.416 e. The van der Waals surface area contributed by atoms with Crippen LogP contribution in [0.15, 0.2) is 40.9 Å². The number of nitrogens with one attached hydrogen (secondary N) is 1. The fraction of sp³-hybridized carbons (Fsp3) is 0.333. The van der Waals surface area contributed by atoms with Crippen LogP contribution < -0.4 is 10.2 Å². The van der Waals surface area contributed by atoms with Gasteiger partial charge in [0.2, 0.25) is 5.95 Å².